The highest BCUT2D eigenvalue weighted by Crippen LogP contribution is 2.29. The molecule has 0 aromatic heterocycles. The highest BCUT2D eigenvalue weighted by molar-refractivity contribution is 5.81. The zero-order valence-electron chi connectivity index (χ0n) is 12.7. The van der Waals surface area contributed by atoms with Gasteiger partial charge in [-0.25, -0.2) is 4.39 Å². The van der Waals surface area contributed by atoms with Gasteiger partial charge in [0.25, 0.3) is 0 Å². The van der Waals surface area contributed by atoms with E-state index in [4.69, 9.17) is 5.73 Å². The second-order valence-electron chi connectivity index (χ2n) is 6.26. The number of amides is 1. The van der Waals surface area contributed by atoms with Crippen LogP contribution in [-0.2, 0) is 4.79 Å². The first-order valence-electron chi connectivity index (χ1n) is 7.83. The highest BCUT2D eigenvalue weighted by atomic mass is 19.1. The van der Waals surface area contributed by atoms with Crippen molar-refractivity contribution in [1.29, 1.82) is 0 Å². The van der Waals surface area contributed by atoms with Gasteiger partial charge in [-0.1, -0.05) is 18.2 Å². The van der Waals surface area contributed by atoms with E-state index in [9.17, 15) is 19.4 Å². The summed E-state index contributed by atoms with van der Waals surface area (Å²) in [7, 11) is 0. The summed E-state index contributed by atoms with van der Waals surface area (Å²) in [5.74, 6) is -1.11. The van der Waals surface area contributed by atoms with Gasteiger partial charge in [0.15, 0.2) is 0 Å². The summed E-state index contributed by atoms with van der Waals surface area (Å²) in [4.78, 5) is 14.2. The molecule has 0 spiro atoms. The molecule has 4 atom stereocenters. The predicted octanol–water partition coefficient (Wildman–Crippen LogP) is 0.510. The van der Waals surface area contributed by atoms with Gasteiger partial charge < -0.3 is 20.8 Å². The van der Waals surface area contributed by atoms with Gasteiger partial charge in [-0.3, -0.25) is 4.79 Å². The fourth-order valence-corrected chi connectivity index (χ4v) is 3.36. The van der Waals surface area contributed by atoms with Crippen LogP contribution in [0.5, 0.6) is 0 Å². The Morgan fingerprint density at radius 3 is 2.65 bits per heavy atom. The van der Waals surface area contributed by atoms with Crippen LogP contribution in [-0.4, -0.2) is 52.4 Å². The van der Waals surface area contributed by atoms with Crippen molar-refractivity contribution >= 4 is 11.5 Å². The Balaban J connectivity index is 1.68. The molecule has 1 saturated carbocycles. The van der Waals surface area contributed by atoms with Gasteiger partial charge in [0, 0.05) is 19.1 Å². The number of halogens is 1. The Morgan fingerprint density at radius 2 is 2.09 bits per heavy atom. The Hall–Kier alpha value is -1.76. The molecule has 0 saturated heterocycles. The summed E-state index contributed by atoms with van der Waals surface area (Å²) in [6.07, 6.45) is 0.678. The van der Waals surface area contributed by atoms with Gasteiger partial charge >= 0.3 is 0 Å². The van der Waals surface area contributed by atoms with Crippen LogP contribution in [0.25, 0.3) is 5.57 Å². The molecule has 1 aromatic rings. The first-order chi connectivity index (χ1) is 11.0. The molecule has 0 bridgehead atoms. The Labute approximate surface area is 134 Å². The fraction of sp³-hybridized carbons (Fsp3) is 0.471. The predicted molar refractivity (Wildman–Crippen MR) is 83.7 cm³/mol. The minimum atomic E-state index is -1.11. The van der Waals surface area contributed by atoms with Gasteiger partial charge in [0.05, 0.1) is 18.1 Å². The van der Waals surface area contributed by atoms with E-state index in [1.165, 1.54) is 12.1 Å². The van der Waals surface area contributed by atoms with Crippen molar-refractivity contribution in [1.82, 2.24) is 4.90 Å². The van der Waals surface area contributed by atoms with Gasteiger partial charge in [-0.2, -0.15) is 0 Å². The Kier molecular flexibility index (Phi) is 4.48. The smallest absolute Gasteiger partial charge is 0.228 e. The lowest BCUT2D eigenvalue weighted by Crippen LogP contribution is -2.43. The number of carbonyl (C=O) groups is 1. The van der Waals surface area contributed by atoms with Crippen LogP contribution in [0.2, 0.25) is 0 Å². The number of aliphatic hydroxyl groups excluding tert-OH is 2. The SMILES string of the molecule is N[C@@H]1C[C@H](C(=O)N2CC=C(c3cccc(F)c3)CC2)[C@@H](O)[C@H]1O. The summed E-state index contributed by atoms with van der Waals surface area (Å²) in [5.41, 5.74) is 7.55. The molecule has 1 heterocycles. The van der Waals surface area contributed by atoms with Crippen molar-refractivity contribution in [2.75, 3.05) is 13.1 Å². The van der Waals surface area contributed by atoms with E-state index in [0.717, 1.165) is 11.1 Å². The molecule has 5 nitrogen and oxygen atoms in total. The summed E-state index contributed by atoms with van der Waals surface area (Å²) in [5, 5.41) is 19.7. The van der Waals surface area contributed by atoms with Gasteiger partial charge in [0.1, 0.15) is 5.82 Å². The van der Waals surface area contributed by atoms with Gasteiger partial charge in [-0.05, 0) is 36.1 Å². The lowest BCUT2D eigenvalue weighted by Gasteiger charge is -2.30. The van der Waals surface area contributed by atoms with E-state index in [1.807, 2.05) is 12.1 Å². The first kappa shape index (κ1) is 16.1. The van der Waals surface area contributed by atoms with Crippen molar-refractivity contribution in [3.05, 3.63) is 41.7 Å². The van der Waals surface area contributed by atoms with Crippen molar-refractivity contribution in [2.45, 2.75) is 31.1 Å². The maximum atomic E-state index is 13.3. The molecule has 1 aromatic carbocycles. The minimum Gasteiger partial charge on any atom is -0.390 e. The second kappa shape index (κ2) is 6.39. The zero-order chi connectivity index (χ0) is 16.6. The number of carbonyl (C=O) groups excluding carboxylic acids is 1. The quantitative estimate of drug-likeness (QED) is 0.741. The number of rotatable bonds is 2. The lowest BCUT2D eigenvalue weighted by molar-refractivity contribution is -0.139. The average Bonchev–Trinajstić information content (AvgIpc) is 2.82. The van der Waals surface area contributed by atoms with E-state index in [1.54, 1.807) is 11.0 Å². The molecule has 1 aliphatic heterocycles. The van der Waals surface area contributed by atoms with Gasteiger partial charge in [-0.15, -0.1) is 0 Å². The number of benzene rings is 1. The molecule has 6 heteroatoms. The second-order valence-corrected chi connectivity index (χ2v) is 6.26. The topological polar surface area (TPSA) is 86.8 Å². The molecular weight excluding hydrogens is 299 g/mol. The Bertz CT molecular complexity index is 634. The molecule has 1 fully saturated rings. The van der Waals surface area contributed by atoms with Crippen LogP contribution < -0.4 is 5.73 Å². The third-order valence-corrected chi connectivity index (χ3v) is 4.76. The number of nitrogens with two attached hydrogens (primary N) is 1. The van der Waals surface area contributed by atoms with Crippen LogP contribution in [0.1, 0.15) is 18.4 Å². The van der Waals surface area contributed by atoms with E-state index < -0.39 is 24.2 Å². The zero-order valence-corrected chi connectivity index (χ0v) is 12.7. The third kappa shape index (κ3) is 3.15. The molecule has 1 amide bonds. The number of hydrogen-bond donors (Lipinski definition) is 3. The maximum Gasteiger partial charge on any atom is 0.228 e. The molecule has 0 unspecified atom stereocenters. The molecule has 1 aliphatic carbocycles. The molecule has 124 valence electrons. The van der Waals surface area contributed by atoms with E-state index >= 15 is 0 Å². The number of hydrogen-bond acceptors (Lipinski definition) is 4. The molecule has 0 radical (unpaired) electrons. The normalized spacial score (nSPS) is 31.1. The first-order valence-corrected chi connectivity index (χ1v) is 7.83. The molecule has 23 heavy (non-hydrogen) atoms. The standard InChI is InChI=1S/C17H21FN2O3/c18-12-3-1-2-11(8-12)10-4-6-20(7-5-10)17(23)13-9-14(19)16(22)15(13)21/h1-4,8,13-16,21-22H,5-7,9,19H2/t13-,14+,15+,16-/m0/s1. The largest absolute Gasteiger partial charge is 0.390 e. The van der Waals surface area contributed by atoms with Gasteiger partial charge in [0.2, 0.25) is 5.91 Å². The fourth-order valence-electron chi connectivity index (χ4n) is 3.36. The van der Waals surface area contributed by atoms with Crippen LogP contribution in [0.15, 0.2) is 30.3 Å². The minimum absolute atomic E-state index is 0.181. The van der Waals surface area contributed by atoms with Crippen LogP contribution in [0.4, 0.5) is 4.39 Å². The van der Waals surface area contributed by atoms with Crippen molar-refractivity contribution in [3.8, 4) is 0 Å². The molecule has 3 rings (SSSR count). The van der Waals surface area contributed by atoms with E-state index in [-0.39, 0.29) is 18.1 Å². The molecular formula is C17H21FN2O3. The summed E-state index contributed by atoms with van der Waals surface area (Å²) in [6, 6.07) is 5.84. The molecule has 2 aliphatic rings. The van der Waals surface area contributed by atoms with Crippen LogP contribution in [0.3, 0.4) is 0 Å². The van der Waals surface area contributed by atoms with Crippen molar-refractivity contribution < 1.29 is 19.4 Å². The van der Waals surface area contributed by atoms with Crippen LogP contribution in [0, 0.1) is 11.7 Å². The number of aliphatic hydroxyl groups is 2. The van der Waals surface area contributed by atoms with Crippen molar-refractivity contribution in [2.24, 2.45) is 11.7 Å². The molecule has 4 N–H and O–H groups in total. The average molecular weight is 320 g/mol. The third-order valence-electron chi connectivity index (χ3n) is 4.76. The van der Waals surface area contributed by atoms with E-state index in [0.29, 0.717) is 19.5 Å². The summed E-state index contributed by atoms with van der Waals surface area (Å²) < 4.78 is 13.3. The monoisotopic (exact) mass is 320 g/mol. The summed E-state index contributed by atoms with van der Waals surface area (Å²) >= 11 is 0. The van der Waals surface area contributed by atoms with Crippen molar-refractivity contribution in [3.63, 3.8) is 0 Å². The summed E-state index contributed by atoms with van der Waals surface area (Å²) in [6.45, 7) is 0.926. The Morgan fingerprint density at radius 1 is 1.30 bits per heavy atom. The highest BCUT2D eigenvalue weighted by Gasteiger charge is 2.44. The van der Waals surface area contributed by atoms with E-state index in [2.05, 4.69) is 0 Å². The number of nitrogens with zero attached hydrogens (tertiary/aromatic N) is 1. The van der Waals surface area contributed by atoms with Crippen LogP contribution >= 0.6 is 0 Å². The lowest BCUT2D eigenvalue weighted by atomic mass is 9.97. The maximum absolute atomic E-state index is 13.3.